The zero-order valence-corrected chi connectivity index (χ0v) is 27.5. The molecule has 1 aliphatic carbocycles. The number of ether oxygens (including phenoxy) is 1. The lowest BCUT2D eigenvalue weighted by Crippen LogP contribution is -2.52. The number of hydrogen-bond donors (Lipinski definition) is 1. The molecule has 0 aromatic heterocycles. The smallest absolute Gasteiger partial charge is 0.264 e. The van der Waals surface area contributed by atoms with Gasteiger partial charge in [0.05, 0.1) is 10.6 Å². The number of anilines is 1. The number of nitrogens with one attached hydrogen (secondary N) is 1. The Kier molecular flexibility index (Phi) is 10.7. The van der Waals surface area contributed by atoms with E-state index in [-0.39, 0.29) is 29.1 Å². The SMILES string of the molecule is Cc1ccc(S(=O)(=O)N(CC(=O)N(Cc2cccc(Cl)c2)C(C)C(=O)NC2CCCC2)c2ccc(Oc3ccccc3)cc2)cc1. The second-order valence-corrected chi connectivity index (χ2v) is 13.8. The molecule has 1 atom stereocenters. The minimum absolute atomic E-state index is 0.0453. The Morgan fingerprint density at radius 1 is 0.891 bits per heavy atom. The van der Waals surface area contributed by atoms with E-state index in [0.29, 0.717) is 16.5 Å². The van der Waals surface area contributed by atoms with Crippen LogP contribution in [0.1, 0.15) is 43.7 Å². The Hall–Kier alpha value is -4.34. The van der Waals surface area contributed by atoms with Crippen LogP contribution >= 0.6 is 11.6 Å². The van der Waals surface area contributed by atoms with Gasteiger partial charge in [-0.05, 0) is 92.9 Å². The third-order valence-corrected chi connectivity index (χ3v) is 10.1. The van der Waals surface area contributed by atoms with Gasteiger partial charge < -0.3 is 15.0 Å². The van der Waals surface area contributed by atoms with Crippen molar-refractivity contribution >= 4 is 39.1 Å². The fourth-order valence-corrected chi connectivity index (χ4v) is 7.10. The number of hydrogen-bond acceptors (Lipinski definition) is 5. The van der Waals surface area contributed by atoms with Gasteiger partial charge in [0.25, 0.3) is 10.0 Å². The average molecular weight is 660 g/mol. The van der Waals surface area contributed by atoms with Crippen molar-refractivity contribution in [3.63, 3.8) is 0 Å². The maximum absolute atomic E-state index is 14.2. The van der Waals surface area contributed by atoms with Crippen molar-refractivity contribution in [1.82, 2.24) is 10.2 Å². The molecule has 10 heteroatoms. The Balaban J connectivity index is 1.47. The Morgan fingerprint density at radius 3 is 2.20 bits per heavy atom. The summed E-state index contributed by atoms with van der Waals surface area (Å²) in [6, 6.07) is 28.5. The van der Waals surface area contributed by atoms with Crippen molar-refractivity contribution in [1.29, 1.82) is 0 Å². The number of para-hydroxylation sites is 1. The Morgan fingerprint density at radius 2 is 1.54 bits per heavy atom. The van der Waals surface area contributed by atoms with Crippen molar-refractivity contribution in [3.8, 4) is 11.5 Å². The van der Waals surface area contributed by atoms with Crippen LogP contribution in [0.2, 0.25) is 5.02 Å². The predicted molar refractivity (Wildman–Crippen MR) is 181 cm³/mol. The fraction of sp³-hybridized carbons (Fsp3) is 0.278. The van der Waals surface area contributed by atoms with E-state index in [9.17, 15) is 18.0 Å². The molecule has 8 nitrogen and oxygen atoms in total. The Bertz CT molecular complexity index is 1740. The number of amides is 2. The van der Waals surface area contributed by atoms with Crippen LogP contribution in [-0.2, 0) is 26.2 Å². The number of carbonyl (C=O) groups is 2. The lowest BCUT2D eigenvalue weighted by Gasteiger charge is -2.32. The molecule has 0 bridgehead atoms. The summed E-state index contributed by atoms with van der Waals surface area (Å²) in [7, 11) is -4.19. The highest BCUT2D eigenvalue weighted by Gasteiger charge is 2.33. The standard InChI is InChI=1S/C36H38ClN3O5S/c1-26-15-21-34(22-16-26)46(43,44)40(31-17-19-33(20-18-31)45-32-13-4-3-5-14-32)25-35(41)39(24-28-9-8-10-29(37)23-28)27(2)36(42)38-30-11-6-7-12-30/h3-5,8-10,13-23,27,30H,6-7,11-12,24-25H2,1-2H3,(H,38,42). The van der Waals surface area contributed by atoms with Crippen molar-refractivity contribution in [2.75, 3.05) is 10.8 Å². The summed E-state index contributed by atoms with van der Waals surface area (Å²) in [5.74, 6) is 0.330. The largest absolute Gasteiger partial charge is 0.457 e. The van der Waals surface area contributed by atoms with Gasteiger partial charge >= 0.3 is 0 Å². The van der Waals surface area contributed by atoms with E-state index in [2.05, 4.69) is 5.32 Å². The lowest BCUT2D eigenvalue weighted by atomic mass is 10.1. The van der Waals surface area contributed by atoms with Gasteiger partial charge in [0, 0.05) is 17.6 Å². The monoisotopic (exact) mass is 659 g/mol. The van der Waals surface area contributed by atoms with Crippen molar-refractivity contribution < 1.29 is 22.7 Å². The normalized spacial score (nSPS) is 14.0. The predicted octanol–water partition coefficient (Wildman–Crippen LogP) is 7.11. The van der Waals surface area contributed by atoms with Crippen LogP contribution in [0.15, 0.2) is 108 Å². The van der Waals surface area contributed by atoms with Crippen molar-refractivity contribution in [2.24, 2.45) is 0 Å². The summed E-state index contributed by atoms with van der Waals surface area (Å²) >= 11 is 6.25. The van der Waals surface area contributed by atoms with Gasteiger partial charge in [0.15, 0.2) is 0 Å². The molecule has 0 radical (unpaired) electrons. The second-order valence-electron chi connectivity index (χ2n) is 11.6. The summed E-state index contributed by atoms with van der Waals surface area (Å²) < 4.78 is 35.3. The molecule has 46 heavy (non-hydrogen) atoms. The van der Waals surface area contributed by atoms with Crippen LogP contribution in [-0.4, -0.2) is 43.8 Å². The number of benzene rings is 4. The molecular weight excluding hydrogens is 622 g/mol. The summed E-state index contributed by atoms with van der Waals surface area (Å²) in [6.45, 7) is 3.08. The van der Waals surface area contributed by atoms with E-state index in [1.54, 1.807) is 61.5 Å². The van der Waals surface area contributed by atoms with Crippen LogP contribution in [0, 0.1) is 6.92 Å². The molecule has 1 aliphatic rings. The zero-order valence-electron chi connectivity index (χ0n) is 25.9. The molecule has 4 aromatic carbocycles. The third kappa shape index (κ3) is 8.27. The quantitative estimate of drug-likeness (QED) is 0.175. The summed E-state index contributed by atoms with van der Waals surface area (Å²) in [5, 5.41) is 3.57. The molecule has 5 rings (SSSR count). The fourth-order valence-electron chi connectivity index (χ4n) is 5.48. The van der Waals surface area contributed by atoms with Crippen LogP contribution < -0.4 is 14.4 Å². The highest BCUT2D eigenvalue weighted by Crippen LogP contribution is 2.29. The van der Waals surface area contributed by atoms with Crippen LogP contribution in [0.5, 0.6) is 11.5 Å². The highest BCUT2D eigenvalue weighted by molar-refractivity contribution is 7.92. The van der Waals surface area contributed by atoms with E-state index in [1.807, 2.05) is 43.3 Å². The first-order valence-electron chi connectivity index (χ1n) is 15.4. The molecular formula is C36H38ClN3O5S. The van der Waals surface area contributed by atoms with E-state index in [1.165, 1.54) is 17.0 Å². The maximum Gasteiger partial charge on any atom is 0.264 e. The van der Waals surface area contributed by atoms with Crippen LogP contribution in [0.4, 0.5) is 5.69 Å². The molecule has 0 saturated heterocycles. The van der Waals surface area contributed by atoms with E-state index >= 15 is 0 Å². The average Bonchev–Trinajstić information content (AvgIpc) is 3.56. The van der Waals surface area contributed by atoms with Gasteiger partial charge in [-0.3, -0.25) is 13.9 Å². The summed E-state index contributed by atoms with van der Waals surface area (Å²) in [4.78, 5) is 29.1. The summed E-state index contributed by atoms with van der Waals surface area (Å²) in [6.07, 6.45) is 3.89. The van der Waals surface area contributed by atoms with E-state index in [4.69, 9.17) is 16.3 Å². The van der Waals surface area contributed by atoms with Gasteiger partial charge in [0.2, 0.25) is 11.8 Å². The maximum atomic E-state index is 14.2. The van der Waals surface area contributed by atoms with Gasteiger partial charge in [0.1, 0.15) is 24.1 Å². The minimum atomic E-state index is -4.19. The van der Waals surface area contributed by atoms with E-state index in [0.717, 1.165) is 41.1 Å². The number of aryl methyl sites for hydroxylation is 1. The van der Waals surface area contributed by atoms with E-state index < -0.39 is 28.5 Å². The van der Waals surface area contributed by atoms with Gasteiger partial charge in [-0.25, -0.2) is 8.42 Å². The van der Waals surface area contributed by atoms with Crippen LogP contribution in [0.3, 0.4) is 0 Å². The number of nitrogens with zero attached hydrogens (tertiary/aromatic N) is 2. The third-order valence-electron chi connectivity index (χ3n) is 8.10. The molecule has 1 N–H and O–H groups in total. The van der Waals surface area contributed by atoms with Gasteiger partial charge in [-0.1, -0.05) is 72.5 Å². The molecule has 2 amide bonds. The van der Waals surface area contributed by atoms with Gasteiger partial charge in [-0.15, -0.1) is 0 Å². The first-order valence-corrected chi connectivity index (χ1v) is 17.2. The first-order chi connectivity index (χ1) is 22.1. The molecule has 0 spiro atoms. The van der Waals surface area contributed by atoms with Crippen LogP contribution in [0.25, 0.3) is 0 Å². The molecule has 0 heterocycles. The zero-order chi connectivity index (χ0) is 32.7. The van der Waals surface area contributed by atoms with Crippen molar-refractivity contribution in [2.45, 2.75) is 63.1 Å². The molecule has 1 saturated carbocycles. The molecule has 240 valence electrons. The van der Waals surface area contributed by atoms with Gasteiger partial charge in [-0.2, -0.15) is 0 Å². The first kappa shape index (κ1) is 33.0. The Labute approximate surface area is 276 Å². The molecule has 4 aromatic rings. The topological polar surface area (TPSA) is 96.0 Å². The second kappa shape index (κ2) is 14.8. The number of rotatable bonds is 12. The molecule has 0 aliphatic heterocycles. The molecule has 1 unspecified atom stereocenters. The lowest BCUT2D eigenvalue weighted by molar-refractivity contribution is -0.139. The summed E-state index contributed by atoms with van der Waals surface area (Å²) in [5.41, 5.74) is 1.90. The highest BCUT2D eigenvalue weighted by atomic mass is 35.5. The van der Waals surface area contributed by atoms with Crippen molar-refractivity contribution in [3.05, 3.63) is 119 Å². The number of sulfonamides is 1. The minimum Gasteiger partial charge on any atom is -0.457 e. The molecule has 1 fully saturated rings. The number of halogens is 1. The number of carbonyl (C=O) groups excluding carboxylic acids is 2.